The second kappa shape index (κ2) is 8.33. The van der Waals surface area contributed by atoms with Crippen molar-refractivity contribution in [2.24, 2.45) is 5.41 Å². The van der Waals surface area contributed by atoms with Gasteiger partial charge in [-0.15, -0.1) is 5.10 Å². The largest absolute Gasteiger partial charge is 0.493 e. The van der Waals surface area contributed by atoms with Crippen LogP contribution in [0.25, 0.3) is 27.9 Å². The lowest BCUT2D eigenvalue weighted by Crippen LogP contribution is -2.31. The molecule has 5 rings (SSSR count). The van der Waals surface area contributed by atoms with Crippen LogP contribution in [0.2, 0.25) is 0 Å². The van der Waals surface area contributed by atoms with E-state index in [9.17, 15) is 19.1 Å². The summed E-state index contributed by atoms with van der Waals surface area (Å²) in [5, 5.41) is 27.6. The van der Waals surface area contributed by atoms with E-state index in [4.69, 9.17) is 5.73 Å². The van der Waals surface area contributed by atoms with Crippen molar-refractivity contribution in [3.63, 3.8) is 0 Å². The zero-order valence-electron chi connectivity index (χ0n) is 19.3. The molecule has 0 atom stereocenters. The smallest absolute Gasteiger partial charge is 0.256 e. The molecule has 0 aromatic carbocycles. The van der Waals surface area contributed by atoms with Gasteiger partial charge in [0.25, 0.3) is 6.43 Å². The van der Waals surface area contributed by atoms with E-state index < -0.39 is 13.0 Å². The van der Waals surface area contributed by atoms with Crippen LogP contribution in [0.3, 0.4) is 0 Å². The topological polar surface area (TPSA) is 143 Å². The normalized spacial score (nSPS) is 20.5. The Morgan fingerprint density at radius 3 is 2.71 bits per heavy atom. The number of anilines is 2. The van der Waals surface area contributed by atoms with Gasteiger partial charge in [-0.25, -0.2) is 18.7 Å². The lowest BCUT2D eigenvalue weighted by molar-refractivity contribution is 0.127. The fraction of sp³-hybridized carbons (Fsp3) is 0.435. The highest BCUT2D eigenvalue weighted by atomic mass is 19.3. The van der Waals surface area contributed by atoms with Gasteiger partial charge in [0.2, 0.25) is 11.8 Å². The Hall–Kier alpha value is -4.01. The molecule has 10 nitrogen and oxygen atoms in total. The molecule has 0 unspecified atom stereocenters. The number of nitriles is 1. The maximum atomic E-state index is 13.1. The SMILES string of the molecule is Cc1nc2ccc(-c3cc(O)n4nc(NC5CCC(C)(C#N)CC5)nc(N)c34)nc2n1CC(F)F. The summed E-state index contributed by atoms with van der Waals surface area (Å²) in [4.78, 5) is 13.2. The van der Waals surface area contributed by atoms with Gasteiger partial charge < -0.3 is 20.7 Å². The number of hydrogen-bond donors (Lipinski definition) is 3. The number of imidazole rings is 1. The van der Waals surface area contributed by atoms with Gasteiger partial charge in [0.15, 0.2) is 11.5 Å². The highest BCUT2D eigenvalue weighted by Crippen LogP contribution is 2.37. The number of aryl methyl sites for hydroxylation is 1. The fourth-order valence-corrected chi connectivity index (χ4v) is 4.69. The molecule has 35 heavy (non-hydrogen) atoms. The molecule has 4 aromatic rings. The van der Waals surface area contributed by atoms with E-state index >= 15 is 0 Å². The molecule has 0 radical (unpaired) electrons. The Morgan fingerprint density at radius 2 is 2.03 bits per heavy atom. The number of rotatable bonds is 5. The van der Waals surface area contributed by atoms with Crippen molar-refractivity contribution in [3.05, 3.63) is 24.0 Å². The minimum atomic E-state index is -2.55. The van der Waals surface area contributed by atoms with Gasteiger partial charge in [0, 0.05) is 17.7 Å². The van der Waals surface area contributed by atoms with Crippen molar-refractivity contribution in [1.29, 1.82) is 5.26 Å². The number of pyridine rings is 1. The van der Waals surface area contributed by atoms with Crippen LogP contribution in [-0.4, -0.2) is 46.7 Å². The number of hydrogen-bond acceptors (Lipinski definition) is 8. The Bertz CT molecular complexity index is 1460. The molecule has 12 heteroatoms. The number of aromatic hydroxyl groups is 1. The van der Waals surface area contributed by atoms with Gasteiger partial charge in [0.1, 0.15) is 16.9 Å². The van der Waals surface area contributed by atoms with Crippen LogP contribution in [-0.2, 0) is 6.54 Å². The Labute approximate surface area is 199 Å². The van der Waals surface area contributed by atoms with Gasteiger partial charge in [-0.3, -0.25) is 0 Å². The average molecular weight is 482 g/mol. The number of nitrogen functional groups attached to an aromatic ring is 1. The van der Waals surface area contributed by atoms with E-state index in [1.807, 2.05) is 6.92 Å². The number of nitrogens with two attached hydrogens (primary N) is 1. The third kappa shape index (κ3) is 4.07. The molecule has 4 aromatic heterocycles. The molecule has 4 heterocycles. The number of alkyl halides is 2. The van der Waals surface area contributed by atoms with E-state index in [1.165, 1.54) is 15.1 Å². The van der Waals surface area contributed by atoms with E-state index in [2.05, 4.69) is 31.4 Å². The summed E-state index contributed by atoms with van der Waals surface area (Å²) < 4.78 is 28.8. The highest BCUT2D eigenvalue weighted by Gasteiger charge is 2.31. The Kier molecular flexibility index (Phi) is 5.42. The number of fused-ring (bicyclic) bond motifs is 2. The van der Waals surface area contributed by atoms with Crippen molar-refractivity contribution in [1.82, 2.24) is 29.1 Å². The van der Waals surface area contributed by atoms with E-state index in [-0.39, 0.29) is 29.1 Å². The van der Waals surface area contributed by atoms with Gasteiger partial charge in [-0.05, 0) is 51.7 Å². The highest BCUT2D eigenvalue weighted by molar-refractivity contribution is 5.89. The van der Waals surface area contributed by atoms with Crippen LogP contribution in [0.4, 0.5) is 20.5 Å². The molecule has 1 saturated carbocycles. The van der Waals surface area contributed by atoms with Crippen LogP contribution >= 0.6 is 0 Å². The second-order valence-electron chi connectivity index (χ2n) is 9.29. The fourth-order valence-electron chi connectivity index (χ4n) is 4.69. The molecule has 4 N–H and O–H groups in total. The molecule has 0 aliphatic heterocycles. The molecule has 0 amide bonds. The lowest BCUT2D eigenvalue weighted by atomic mass is 9.75. The molecule has 1 aliphatic carbocycles. The third-order valence-electron chi connectivity index (χ3n) is 6.69. The zero-order valence-corrected chi connectivity index (χ0v) is 19.3. The summed E-state index contributed by atoms with van der Waals surface area (Å²) in [6.07, 6.45) is 0.582. The number of halogens is 2. The zero-order chi connectivity index (χ0) is 24.9. The first kappa shape index (κ1) is 22.8. The Balaban J connectivity index is 1.50. The number of aromatic nitrogens is 6. The van der Waals surface area contributed by atoms with Crippen LogP contribution < -0.4 is 11.1 Å². The van der Waals surface area contributed by atoms with Gasteiger partial charge >= 0.3 is 0 Å². The molecular formula is C23H25F2N9O. The summed E-state index contributed by atoms with van der Waals surface area (Å²) in [6, 6.07) is 7.33. The van der Waals surface area contributed by atoms with Crippen molar-refractivity contribution < 1.29 is 13.9 Å². The predicted molar refractivity (Wildman–Crippen MR) is 126 cm³/mol. The summed E-state index contributed by atoms with van der Waals surface area (Å²) in [6.45, 7) is 3.10. The monoisotopic (exact) mass is 481 g/mol. The maximum Gasteiger partial charge on any atom is 0.256 e. The molecule has 182 valence electrons. The van der Waals surface area contributed by atoms with Crippen LogP contribution in [0, 0.1) is 23.7 Å². The van der Waals surface area contributed by atoms with Crippen molar-refractivity contribution in [2.75, 3.05) is 11.1 Å². The first-order chi connectivity index (χ1) is 16.7. The van der Waals surface area contributed by atoms with E-state index in [0.717, 1.165) is 25.7 Å². The standard InChI is InChI=1S/C23H25F2N9O/c1-12-28-16-4-3-15(30-21(16)33(12)10-17(24)25)14-9-18(35)34-19(14)20(27)31-22(32-34)29-13-5-7-23(2,11-26)8-6-13/h3-4,9,13,17,35H,5-8,10H2,1-2H3,(H3,27,29,31,32). The lowest BCUT2D eigenvalue weighted by Gasteiger charge is -2.32. The molecule has 0 saturated heterocycles. The average Bonchev–Trinajstić information content (AvgIpc) is 3.31. The van der Waals surface area contributed by atoms with Crippen molar-refractivity contribution >= 4 is 28.4 Å². The minimum absolute atomic E-state index is 0.0906. The molecular weight excluding hydrogens is 456 g/mol. The van der Waals surface area contributed by atoms with Gasteiger partial charge in [-0.2, -0.15) is 14.8 Å². The first-order valence-electron chi connectivity index (χ1n) is 11.4. The maximum absolute atomic E-state index is 13.1. The number of nitrogens with one attached hydrogen (secondary N) is 1. The Morgan fingerprint density at radius 1 is 1.29 bits per heavy atom. The van der Waals surface area contributed by atoms with Crippen molar-refractivity contribution in [3.8, 4) is 23.2 Å². The van der Waals surface area contributed by atoms with E-state index in [0.29, 0.717) is 33.8 Å². The number of nitrogens with zero attached hydrogens (tertiary/aromatic N) is 7. The molecule has 0 bridgehead atoms. The summed E-state index contributed by atoms with van der Waals surface area (Å²) in [5.41, 5.74) is 8.03. The van der Waals surface area contributed by atoms with E-state index in [1.54, 1.807) is 19.1 Å². The quantitative estimate of drug-likeness (QED) is 0.390. The summed E-state index contributed by atoms with van der Waals surface area (Å²) >= 11 is 0. The second-order valence-corrected chi connectivity index (χ2v) is 9.29. The third-order valence-corrected chi connectivity index (χ3v) is 6.69. The van der Waals surface area contributed by atoms with Gasteiger partial charge in [0.05, 0.1) is 23.7 Å². The van der Waals surface area contributed by atoms with Gasteiger partial charge in [-0.1, -0.05) is 0 Å². The first-order valence-corrected chi connectivity index (χ1v) is 11.4. The van der Waals surface area contributed by atoms with Crippen molar-refractivity contribution in [2.45, 2.75) is 58.5 Å². The summed E-state index contributed by atoms with van der Waals surface area (Å²) in [7, 11) is 0. The van der Waals surface area contributed by atoms with Crippen LogP contribution in [0.15, 0.2) is 18.2 Å². The summed E-state index contributed by atoms with van der Waals surface area (Å²) in [5.74, 6) is 0.680. The predicted octanol–water partition coefficient (Wildman–Crippen LogP) is 3.89. The van der Waals surface area contributed by atoms with Crippen LogP contribution in [0.1, 0.15) is 38.4 Å². The molecule has 1 fully saturated rings. The molecule has 0 spiro atoms. The van der Waals surface area contributed by atoms with Crippen LogP contribution in [0.5, 0.6) is 5.88 Å². The minimum Gasteiger partial charge on any atom is -0.493 e. The molecule has 1 aliphatic rings.